The minimum Gasteiger partial charge on any atom is -0.232 e. The Morgan fingerprint density at radius 2 is 1.62 bits per heavy atom. The van der Waals surface area contributed by atoms with Crippen molar-refractivity contribution in [3.8, 4) is 0 Å². The van der Waals surface area contributed by atoms with E-state index in [2.05, 4.69) is 48.5 Å². The Morgan fingerprint density at radius 3 is 2.14 bits per heavy atom. The number of aromatic nitrogens is 2. The first-order valence-corrected chi connectivity index (χ1v) is 9.45. The predicted molar refractivity (Wildman–Crippen MR) is 96.2 cm³/mol. The molecule has 0 N–H and O–H groups in total. The van der Waals surface area contributed by atoms with Gasteiger partial charge in [-0.1, -0.05) is 58.8 Å². The van der Waals surface area contributed by atoms with E-state index in [4.69, 9.17) is 0 Å². The van der Waals surface area contributed by atoms with E-state index in [0.717, 1.165) is 37.8 Å². The highest BCUT2D eigenvalue weighted by Gasteiger charge is 2.30. The van der Waals surface area contributed by atoms with E-state index in [-0.39, 0.29) is 11.5 Å². The van der Waals surface area contributed by atoms with Gasteiger partial charge in [-0.2, -0.15) is 9.49 Å². The highest BCUT2D eigenvalue weighted by atomic mass is 127. The summed E-state index contributed by atoms with van der Waals surface area (Å²) in [5.41, 5.74) is 0.627. The topological polar surface area (TPSA) is 17.8 Å². The second-order valence-corrected chi connectivity index (χ2v) is 7.45. The fraction of sp³-hybridized carbons (Fsp3) is 0.824. The van der Waals surface area contributed by atoms with E-state index in [1.165, 1.54) is 25.7 Å². The highest BCUT2D eigenvalue weighted by molar-refractivity contribution is 14.1. The van der Waals surface area contributed by atoms with E-state index in [0.29, 0.717) is 3.57 Å². The van der Waals surface area contributed by atoms with Crippen LogP contribution in [-0.2, 0) is 5.54 Å². The molecule has 2 nitrogen and oxygen atoms in total. The molecular formula is C17H30FIN2. The summed E-state index contributed by atoms with van der Waals surface area (Å²) in [5, 5.41) is 4.48. The van der Waals surface area contributed by atoms with Gasteiger partial charge in [0.05, 0.1) is 14.8 Å². The van der Waals surface area contributed by atoms with Gasteiger partial charge in [-0.05, 0) is 49.3 Å². The summed E-state index contributed by atoms with van der Waals surface area (Å²) in [5.74, 6) is -0.153. The number of hydrogen-bond donors (Lipinski definition) is 0. The molecule has 1 atom stereocenters. The summed E-state index contributed by atoms with van der Waals surface area (Å²) in [6, 6.07) is 0. The minimum atomic E-state index is -0.180. The van der Waals surface area contributed by atoms with Crippen molar-refractivity contribution in [1.82, 2.24) is 9.78 Å². The fourth-order valence-electron chi connectivity index (χ4n) is 2.84. The van der Waals surface area contributed by atoms with Crippen molar-refractivity contribution in [2.45, 2.75) is 91.0 Å². The average molecular weight is 408 g/mol. The van der Waals surface area contributed by atoms with Crippen LogP contribution in [0, 0.1) is 16.4 Å². The standard InChI is InChI=1S/C17H30FIN2/c1-5-7-9-10-11-13-17(4,12-8-6-2)21-16(18)15(19)14(3)20-21/h5-13H2,1-4H3. The summed E-state index contributed by atoms with van der Waals surface area (Å²) < 4.78 is 16.8. The lowest BCUT2D eigenvalue weighted by molar-refractivity contribution is 0.199. The summed E-state index contributed by atoms with van der Waals surface area (Å²) in [7, 11) is 0. The Labute approximate surface area is 143 Å². The molecular weight excluding hydrogens is 378 g/mol. The number of hydrogen-bond acceptors (Lipinski definition) is 1. The maximum absolute atomic E-state index is 14.5. The first-order valence-electron chi connectivity index (χ1n) is 8.37. The molecule has 0 aromatic carbocycles. The third-order valence-corrected chi connectivity index (χ3v) is 5.56. The molecule has 4 heteroatoms. The molecule has 0 aliphatic rings. The molecule has 1 heterocycles. The normalized spacial score (nSPS) is 14.4. The van der Waals surface area contributed by atoms with Crippen LogP contribution in [0.15, 0.2) is 0 Å². The van der Waals surface area contributed by atoms with Crippen molar-refractivity contribution >= 4 is 22.6 Å². The summed E-state index contributed by atoms with van der Waals surface area (Å²) in [6.07, 6.45) is 10.6. The maximum Gasteiger partial charge on any atom is 0.225 e. The van der Waals surface area contributed by atoms with Crippen LogP contribution in [-0.4, -0.2) is 9.78 Å². The minimum absolute atomic E-state index is 0.153. The van der Waals surface area contributed by atoms with Crippen LogP contribution < -0.4 is 0 Å². The molecule has 0 amide bonds. The van der Waals surface area contributed by atoms with Crippen molar-refractivity contribution in [2.75, 3.05) is 0 Å². The van der Waals surface area contributed by atoms with Gasteiger partial charge in [0.2, 0.25) is 5.95 Å². The second kappa shape index (κ2) is 9.11. The molecule has 0 saturated heterocycles. The van der Waals surface area contributed by atoms with E-state index < -0.39 is 0 Å². The monoisotopic (exact) mass is 408 g/mol. The summed E-state index contributed by atoms with van der Waals surface area (Å²) in [4.78, 5) is 0. The van der Waals surface area contributed by atoms with Crippen molar-refractivity contribution in [1.29, 1.82) is 0 Å². The largest absolute Gasteiger partial charge is 0.232 e. The SMILES string of the molecule is CCCCCCCC(C)(CCCC)n1nc(C)c(I)c1F. The lowest BCUT2D eigenvalue weighted by atomic mass is 9.88. The Bertz CT molecular complexity index is 431. The van der Waals surface area contributed by atoms with Crippen LogP contribution in [0.4, 0.5) is 4.39 Å². The van der Waals surface area contributed by atoms with Gasteiger partial charge in [0, 0.05) is 0 Å². The molecule has 1 rings (SSSR count). The number of halogens is 2. The fourth-order valence-corrected chi connectivity index (χ4v) is 3.18. The van der Waals surface area contributed by atoms with Gasteiger partial charge in [-0.15, -0.1) is 0 Å². The third kappa shape index (κ3) is 5.22. The van der Waals surface area contributed by atoms with Gasteiger partial charge in [0.15, 0.2) is 0 Å². The molecule has 0 fully saturated rings. The van der Waals surface area contributed by atoms with E-state index in [1.807, 2.05) is 6.92 Å². The number of unbranched alkanes of at least 4 members (excludes halogenated alkanes) is 5. The van der Waals surface area contributed by atoms with Crippen LogP contribution in [0.25, 0.3) is 0 Å². The van der Waals surface area contributed by atoms with E-state index in [1.54, 1.807) is 4.68 Å². The van der Waals surface area contributed by atoms with Gasteiger partial charge in [-0.25, -0.2) is 4.68 Å². The number of rotatable bonds is 10. The molecule has 0 aliphatic heterocycles. The summed E-state index contributed by atoms with van der Waals surface area (Å²) in [6.45, 7) is 8.49. The van der Waals surface area contributed by atoms with Crippen LogP contribution >= 0.6 is 22.6 Å². The van der Waals surface area contributed by atoms with Gasteiger partial charge < -0.3 is 0 Å². The first kappa shape index (κ1) is 18.9. The Hall–Kier alpha value is -0.130. The van der Waals surface area contributed by atoms with E-state index >= 15 is 0 Å². The zero-order valence-corrected chi connectivity index (χ0v) is 16.2. The van der Waals surface area contributed by atoms with Gasteiger partial charge in [0.1, 0.15) is 0 Å². The molecule has 0 radical (unpaired) electrons. The third-order valence-electron chi connectivity index (χ3n) is 4.33. The lowest BCUT2D eigenvalue weighted by Crippen LogP contribution is -2.33. The summed E-state index contributed by atoms with van der Waals surface area (Å²) >= 11 is 2.07. The van der Waals surface area contributed by atoms with Crippen LogP contribution in [0.1, 0.15) is 84.3 Å². The van der Waals surface area contributed by atoms with Crippen molar-refractivity contribution in [2.24, 2.45) is 0 Å². The number of nitrogens with zero attached hydrogens (tertiary/aromatic N) is 2. The van der Waals surface area contributed by atoms with Crippen molar-refractivity contribution < 1.29 is 4.39 Å². The molecule has 21 heavy (non-hydrogen) atoms. The number of aryl methyl sites for hydroxylation is 1. The Morgan fingerprint density at radius 1 is 1.05 bits per heavy atom. The lowest BCUT2D eigenvalue weighted by Gasteiger charge is -2.30. The molecule has 0 aliphatic carbocycles. The van der Waals surface area contributed by atoms with Crippen LogP contribution in [0.5, 0.6) is 0 Å². The quantitative estimate of drug-likeness (QED) is 0.333. The van der Waals surface area contributed by atoms with Crippen LogP contribution in [0.3, 0.4) is 0 Å². The smallest absolute Gasteiger partial charge is 0.225 e. The Balaban J connectivity index is 2.79. The molecule has 1 aromatic rings. The van der Waals surface area contributed by atoms with Gasteiger partial charge >= 0.3 is 0 Å². The Kier molecular flexibility index (Phi) is 8.21. The highest BCUT2D eigenvalue weighted by Crippen LogP contribution is 2.32. The average Bonchev–Trinajstić information content (AvgIpc) is 2.73. The van der Waals surface area contributed by atoms with Crippen LogP contribution in [0.2, 0.25) is 0 Å². The van der Waals surface area contributed by atoms with Crippen molar-refractivity contribution in [3.63, 3.8) is 0 Å². The van der Waals surface area contributed by atoms with E-state index in [9.17, 15) is 4.39 Å². The maximum atomic E-state index is 14.5. The molecule has 0 bridgehead atoms. The van der Waals surface area contributed by atoms with Crippen molar-refractivity contribution in [3.05, 3.63) is 15.2 Å². The first-order chi connectivity index (χ1) is 9.96. The zero-order valence-electron chi connectivity index (χ0n) is 14.0. The molecule has 1 aromatic heterocycles. The van der Waals surface area contributed by atoms with Gasteiger partial charge in [0.25, 0.3) is 0 Å². The molecule has 0 spiro atoms. The molecule has 1 unspecified atom stereocenters. The zero-order chi connectivity index (χ0) is 15.9. The van der Waals surface area contributed by atoms with Gasteiger partial charge in [-0.3, -0.25) is 0 Å². The molecule has 0 saturated carbocycles. The predicted octanol–water partition coefficient (Wildman–Crippen LogP) is 6.20. The molecule has 122 valence electrons. The second-order valence-electron chi connectivity index (χ2n) is 6.37.